The van der Waals surface area contributed by atoms with Crippen LogP contribution in [0, 0.1) is 6.92 Å². The van der Waals surface area contributed by atoms with Crippen LogP contribution >= 0.6 is 0 Å². The predicted octanol–water partition coefficient (Wildman–Crippen LogP) is 6.74. The molecule has 0 spiro atoms. The molecule has 8 rings (SSSR count). The van der Waals surface area contributed by atoms with Gasteiger partial charge in [-0.05, 0) is 84.5 Å². The summed E-state index contributed by atoms with van der Waals surface area (Å²) < 4.78 is 18.9. The molecule has 3 amide bonds. The van der Waals surface area contributed by atoms with Crippen LogP contribution < -0.4 is 14.4 Å². The number of carbonyl (C=O) groups excluding carboxylic acids is 3. The molecule has 0 saturated carbocycles. The SMILES string of the molecule is COc1ccccc1OC(=O)N1CCc2cc(-c3cc(C(=O)N(C)c4ccccc4)c(C)n3C)c(C(=O)N3Cc4ccccc4C[C@H]3CN3CCOCC3)cc2C1. The highest BCUT2D eigenvalue weighted by Gasteiger charge is 2.35. The molecular formula is C46H49N5O6. The van der Waals surface area contributed by atoms with Crippen LogP contribution in [0.5, 0.6) is 11.5 Å². The number of hydrogen-bond acceptors (Lipinski definition) is 7. The Bertz CT molecular complexity index is 2300. The van der Waals surface area contributed by atoms with Crippen LogP contribution in [0.3, 0.4) is 0 Å². The molecule has 57 heavy (non-hydrogen) atoms. The summed E-state index contributed by atoms with van der Waals surface area (Å²) in [7, 11) is 5.28. The monoisotopic (exact) mass is 767 g/mol. The highest BCUT2D eigenvalue weighted by atomic mass is 16.6. The van der Waals surface area contributed by atoms with E-state index in [-0.39, 0.29) is 24.4 Å². The minimum Gasteiger partial charge on any atom is -0.493 e. The van der Waals surface area contributed by atoms with Gasteiger partial charge >= 0.3 is 6.09 Å². The second-order valence-corrected chi connectivity index (χ2v) is 15.1. The van der Waals surface area contributed by atoms with Crippen molar-refractivity contribution >= 4 is 23.6 Å². The first-order valence-corrected chi connectivity index (χ1v) is 19.6. The van der Waals surface area contributed by atoms with Gasteiger partial charge in [0.15, 0.2) is 11.5 Å². The van der Waals surface area contributed by atoms with Gasteiger partial charge in [0.2, 0.25) is 0 Å². The van der Waals surface area contributed by atoms with Crippen molar-refractivity contribution in [3.63, 3.8) is 0 Å². The Hall–Kier alpha value is -5.91. The number of aromatic nitrogens is 1. The van der Waals surface area contributed by atoms with E-state index >= 15 is 4.79 Å². The van der Waals surface area contributed by atoms with Gasteiger partial charge in [-0.3, -0.25) is 14.5 Å². The van der Waals surface area contributed by atoms with Gasteiger partial charge in [0.05, 0.1) is 25.9 Å². The van der Waals surface area contributed by atoms with Crippen LogP contribution in [-0.2, 0) is 37.7 Å². The number of morpholine rings is 1. The Balaban J connectivity index is 1.19. The number of hydrogen-bond donors (Lipinski definition) is 0. The lowest BCUT2D eigenvalue weighted by Gasteiger charge is -2.41. The number of fused-ring (bicyclic) bond motifs is 2. The standard InChI is InChI=1S/C46H49N5O6/c1-31-38(44(52)48(3)36-14-6-5-7-15-36)27-41(47(31)2)39-25-33-18-19-50(46(54)57-43-17-11-10-16-42(43)55-4)28-35(33)26-40(39)45(53)51-29-34-13-9-8-12-32(34)24-37(51)30-49-20-22-56-23-21-49/h5-17,25-27,37H,18-24,28-30H2,1-4H3/t37-/m0/s1. The molecule has 4 aromatic carbocycles. The van der Waals surface area contributed by atoms with Gasteiger partial charge in [-0.15, -0.1) is 0 Å². The average Bonchev–Trinajstić information content (AvgIpc) is 3.55. The molecule has 0 unspecified atom stereocenters. The van der Waals surface area contributed by atoms with Gasteiger partial charge < -0.3 is 33.5 Å². The van der Waals surface area contributed by atoms with Crippen molar-refractivity contribution in [1.29, 1.82) is 0 Å². The van der Waals surface area contributed by atoms with E-state index in [4.69, 9.17) is 14.2 Å². The zero-order valence-electron chi connectivity index (χ0n) is 33.1. The average molecular weight is 768 g/mol. The molecule has 1 fully saturated rings. The van der Waals surface area contributed by atoms with E-state index < -0.39 is 6.09 Å². The van der Waals surface area contributed by atoms with E-state index in [0.717, 1.165) is 65.4 Å². The van der Waals surface area contributed by atoms with Crippen LogP contribution in [-0.4, -0.2) is 96.8 Å². The molecule has 294 valence electrons. The van der Waals surface area contributed by atoms with Crippen molar-refractivity contribution in [2.45, 2.75) is 38.9 Å². The molecule has 3 aliphatic rings. The van der Waals surface area contributed by atoms with Crippen molar-refractivity contribution in [1.82, 2.24) is 19.3 Å². The summed E-state index contributed by atoms with van der Waals surface area (Å²) in [6, 6.07) is 31.0. The van der Waals surface area contributed by atoms with Gasteiger partial charge in [-0.2, -0.15) is 0 Å². The van der Waals surface area contributed by atoms with Crippen molar-refractivity contribution < 1.29 is 28.6 Å². The molecule has 0 N–H and O–H groups in total. The summed E-state index contributed by atoms with van der Waals surface area (Å²) in [5.74, 6) is 0.610. The molecule has 5 aromatic rings. The van der Waals surface area contributed by atoms with Gasteiger partial charge in [0.25, 0.3) is 11.8 Å². The van der Waals surface area contributed by atoms with Gasteiger partial charge in [0, 0.05) is 87.6 Å². The quantitative estimate of drug-likeness (QED) is 0.173. The van der Waals surface area contributed by atoms with Gasteiger partial charge in [-0.25, -0.2) is 4.79 Å². The summed E-state index contributed by atoms with van der Waals surface area (Å²) in [6.07, 6.45) is 0.833. The molecule has 0 radical (unpaired) electrons. The van der Waals surface area contributed by atoms with Crippen LogP contribution in [0.4, 0.5) is 10.5 Å². The minimum atomic E-state index is -0.482. The maximum Gasteiger partial charge on any atom is 0.415 e. The summed E-state index contributed by atoms with van der Waals surface area (Å²) in [6.45, 7) is 6.88. The third kappa shape index (κ3) is 7.65. The molecule has 0 bridgehead atoms. The van der Waals surface area contributed by atoms with Crippen molar-refractivity contribution in [3.05, 3.63) is 136 Å². The largest absolute Gasteiger partial charge is 0.493 e. The summed E-state index contributed by atoms with van der Waals surface area (Å²) >= 11 is 0. The summed E-state index contributed by atoms with van der Waals surface area (Å²) in [5.41, 5.74) is 8.58. The zero-order valence-corrected chi connectivity index (χ0v) is 33.1. The highest BCUT2D eigenvalue weighted by molar-refractivity contribution is 6.08. The maximum atomic E-state index is 15.4. The molecular weight excluding hydrogens is 719 g/mol. The van der Waals surface area contributed by atoms with E-state index in [1.807, 2.05) is 78.0 Å². The van der Waals surface area contributed by atoms with Crippen molar-refractivity contribution in [2.75, 3.05) is 58.5 Å². The topological polar surface area (TPSA) is 96.8 Å². The third-order valence-electron chi connectivity index (χ3n) is 11.8. The lowest BCUT2D eigenvalue weighted by Crippen LogP contribution is -2.52. The molecule has 4 heterocycles. The Kier molecular flexibility index (Phi) is 10.9. The number of ether oxygens (including phenoxy) is 3. The van der Waals surface area contributed by atoms with Crippen LogP contribution in [0.1, 0.15) is 48.7 Å². The Morgan fingerprint density at radius 3 is 2.25 bits per heavy atom. The number of anilines is 1. The normalized spacial score (nSPS) is 16.7. The predicted molar refractivity (Wildman–Crippen MR) is 219 cm³/mol. The molecule has 1 aromatic heterocycles. The maximum absolute atomic E-state index is 15.4. The highest BCUT2D eigenvalue weighted by Crippen LogP contribution is 2.36. The van der Waals surface area contributed by atoms with Crippen LogP contribution in [0.15, 0.2) is 97.1 Å². The zero-order chi connectivity index (χ0) is 39.6. The van der Waals surface area contributed by atoms with Gasteiger partial charge in [0.1, 0.15) is 0 Å². The first-order valence-electron chi connectivity index (χ1n) is 19.6. The smallest absolute Gasteiger partial charge is 0.415 e. The second-order valence-electron chi connectivity index (χ2n) is 15.1. The molecule has 11 heteroatoms. The number of amides is 3. The Morgan fingerprint density at radius 2 is 1.49 bits per heavy atom. The van der Waals surface area contributed by atoms with Gasteiger partial charge in [-0.1, -0.05) is 54.6 Å². The molecule has 0 aliphatic carbocycles. The van der Waals surface area contributed by atoms with E-state index in [0.29, 0.717) is 55.4 Å². The molecule has 11 nitrogen and oxygen atoms in total. The van der Waals surface area contributed by atoms with Crippen LogP contribution in [0.2, 0.25) is 0 Å². The number of methoxy groups -OCH3 is 1. The third-order valence-corrected chi connectivity index (χ3v) is 11.8. The fourth-order valence-corrected chi connectivity index (χ4v) is 8.36. The second kappa shape index (κ2) is 16.3. The Morgan fingerprint density at radius 1 is 0.789 bits per heavy atom. The number of benzene rings is 4. The summed E-state index contributed by atoms with van der Waals surface area (Å²) in [5, 5.41) is 0. The Labute approximate surface area is 333 Å². The number of nitrogens with zero attached hydrogens (tertiary/aromatic N) is 5. The minimum absolute atomic E-state index is 0.0616. The molecule has 1 saturated heterocycles. The van der Waals surface area contributed by atoms with Crippen molar-refractivity contribution in [3.8, 4) is 22.8 Å². The molecule has 1 atom stereocenters. The lowest BCUT2D eigenvalue weighted by molar-refractivity contribution is 0.0193. The molecule has 3 aliphatic heterocycles. The van der Waals surface area contributed by atoms with E-state index in [2.05, 4.69) is 29.2 Å². The first-order chi connectivity index (χ1) is 27.7. The lowest BCUT2D eigenvalue weighted by atomic mass is 9.89. The number of rotatable bonds is 8. The number of para-hydroxylation sites is 3. The van der Waals surface area contributed by atoms with Crippen LogP contribution in [0.25, 0.3) is 11.3 Å². The van der Waals surface area contributed by atoms with Crippen molar-refractivity contribution in [2.24, 2.45) is 7.05 Å². The van der Waals surface area contributed by atoms with E-state index in [1.165, 1.54) is 5.56 Å². The fraction of sp³-hybridized carbons (Fsp3) is 0.326. The summed E-state index contributed by atoms with van der Waals surface area (Å²) in [4.78, 5) is 50.8. The fourth-order valence-electron chi connectivity index (χ4n) is 8.36. The van der Waals surface area contributed by atoms with E-state index in [1.54, 1.807) is 42.2 Å². The van der Waals surface area contributed by atoms with E-state index in [9.17, 15) is 9.59 Å². The number of carbonyl (C=O) groups is 3. The first kappa shape index (κ1) is 38.0.